The van der Waals surface area contributed by atoms with Gasteiger partial charge in [0, 0.05) is 31.5 Å². The Bertz CT molecular complexity index is 586. The zero-order valence-corrected chi connectivity index (χ0v) is 12.3. The van der Waals surface area contributed by atoms with Gasteiger partial charge in [-0.1, -0.05) is 0 Å². The molecule has 0 aromatic carbocycles. The monoisotopic (exact) mass is 288 g/mol. The second-order valence-corrected chi connectivity index (χ2v) is 5.45. The molecule has 0 unspecified atom stereocenters. The van der Waals surface area contributed by atoms with Crippen LogP contribution in [0.15, 0.2) is 18.7 Å². The van der Waals surface area contributed by atoms with Crippen LogP contribution >= 0.6 is 0 Å². The number of piperidine rings is 1. The van der Waals surface area contributed by atoms with Crippen molar-refractivity contribution in [2.45, 2.75) is 18.9 Å². The summed E-state index contributed by atoms with van der Waals surface area (Å²) in [4.78, 5) is 21.4. The molecule has 0 saturated carbocycles. The summed E-state index contributed by atoms with van der Waals surface area (Å²) >= 11 is 0. The average molecular weight is 288 g/mol. The summed E-state index contributed by atoms with van der Waals surface area (Å²) in [7, 11) is 4.25. The Morgan fingerprint density at radius 3 is 2.48 bits per heavy atom. The van der Waals surface area contributed by atoms with Crippen molar-refractivity contribution in [2.24, 2.45) is 0 Å². The highest BCUT2D eigenvalue weighted by Gasteiger charge is 2.23. The van der Waals surface area contributed by atoms with Crippen molar-refractivity contribution < 1.29 is 0 Å². The van der Waals surface area contributed by atoms with Crippen molar-refractivity contribution in [3.63, 3.8) is 0 Å². The third-order valence-electron chi connectivity index (χ3n) is 3.84. The van der Waals surface area contributed by atoms with E-state index < -0.39 is 0 Å². The zero-order valence-electron chi connectivity index (χ0n) is 12.3. The molecule has 21 heavy (non-hydrogen) atoms. The second-order valence-electron chi connectivity index (χ2n) is 5.45. The van der Waals surface area contributed by atoms with Gasteiger partial charge in [-0.25, -0.2) is 4.98 Å². The molecule has 1 aliphatic heterocycles. The first-order valence-corrected chi connectivity index (χ1v) is 7.05. The van der Waals surface area contributed by atoms with Crippen LogP contribution < -0.4 is 10.6 Å². The van der Waals surface area contributed by atoms with Crippen LogP contribution in [0, 0.1) is 0 Å². The zero-order chi connectivity index (χ0) is 14.8. The summed E-state index contributed by atoms with van der Waals surface area (Å²) in [6, 6.07) is 0.619. The molecule has 8 heteroatoms. The predicted octanol–water partition coefficient (Wildman–Crippen LogP) is 0.170. The van der Waals surface area contributed by atoms with Crippen LogP contribution in [0.4, 0.5) is 11.9 Å². The summed E-state index contributed by atoms with van der Waals surface area (Å²) in [5.74, 6) is 1.38. The van der Waals surface area contributed by atoms with Gasteiger partial charge in [0.1, 0.15) is 6.33 Å². The lowest BCUT2D eigenvalue weighted by atomic mass is 10.0. The fourth-order valence-electron chi connectivity index (χ4n) is 2.59. The maximum absolute atomic E-state index is 5.82. The standard InChI is InChI=1S/C13H20N8/c1-19(2)10-3-6-20(7-4-10)12-16-11(14)17-13(18-12)21-8-5-15-9-21/h5,8-10H,3-4,6-7H2,1-2H3,(H2,14,16,17,18). The van der Waals surface area contributed by atoms with Crippen LogP contribution in [0.1, 0.15) is 12.8 Å². The summed E-state index contributed by atoms with van der Waals surface area (Å²) < 4.78 is 1.73. The van der Waals surface area contributed by atoms with E-state index in [-0.39, 0.29) is 5.95 Å². The van der Waals surface area contributed by atoms with E-state index in [2.05, 4.69) is 43.8 Å². The van der Waals surface area contributed by atoms with Crippen molar-refractivity contribution in [1.82, 2.24) is 29.4 Å². The molecule has 2 aromatic rings. The molecule has 112 valence electrons. The maximum atomic E-state index is 5.82. The first-order valence-electron chi connectivity index (χ1n) is 7.05. The molecule has 1 fully saturated rings. The van der Waals surface area contributed by atoms with E-state index in [1.807, 2.05) is 0 Å². The number of nitrogen functional groups attached to an aromatic ring is 1. The Balaban J connectivity index is 1.80. The Labute approximate surface area is 123 Å². The normalized spacial score (nSPS) is 16.6. The van der Waals surface area contributed by atoms with Crippen molar-refractivity contribution >= 4 is 11.9 Å². The van der Waals surface area contributed by atoms with Gasteiger partial charge in [-0.3, -0.25) is 4.57 Å². The van der Waals surface area contributed by atoms with E-state index in [9.17, 15) is 0 Å². The molecular weight excluding hydrogens is 268 g/mol. The SMILES string of the molecule is CN(C)C1CCN(c2nc(N)nc(-n3ccnc3)n2)CC1. The van der Waals surface area contributed by atoms with Gasteiger partial charge in [0.15, 0.2) is 0 Å². The smallest absolute Gasteiger partial charge is 0.241 e. The van der Waals surface area contributed by atoms with Crippen molar-refractivity contribution in [2.75, 3.05) is 37.8 Å². The topological polar surface area (TPSA) is 89.0 Å². The number of aromatic nitrogens is 5. The highest BCUT2D eigenvalue weighted by molar-refractivity contribution is 5.38. The van der Waals surface area contributed by atoms with Crippen molar-refractivity contribution in [3.05, 3.63) is 18.7 Å². The van der Waals surface area contributed by atoms with Gasteiger partial charge in [0.25, 0.3) is 0 Å². The van der Waals surface area contributed by atoms with Crippen molar-refractivity contribution in [1.29, 1.82) is 0 Å². The molecule has 1 saturated heterocycles. The number of nitrogens with two attached hydrogens (primary N) is 1. The van der Waals surface area contributed by atoms with Crippen LogP contribution in [0.5, 0.6) is 0 Å². The lowest BCUT2D eigenvalue weighted by Crippen LogP contribution is -2.42. The van der Waals surface area contributed by atoms with Gasteiger partial charge in [-0.2, -0.15) is 15.0 Å². The molecule has 8 nitrogen and oxygen atoms in total. The van der Waals surface area contributed by atoms with Crippen molar-refractivity contribution in [3.8, 4) is 5.95 Å². The largest absolute Gasteiger partial charge is 0.368 e. The molecule has 0 amide bonds. The summed E-state index contributed by atoms with van der Waals surface area (Å²) in [6.07, 6.45) is 7.31. The van der Waals surface area contributed by atoms with Crippen LogP contribution in [0.3, 0.4) is 0 Å². The third-order valence-corrected chi connectivity index (χ3v) is 3.84. The van der Waals surface area contributed by atoms with E-state index in [4.69, 9.17) is 5.73 Å². The van der Waals surface area contributed by atoms with Gasteiger partial charge in [-0.15, -0.1) is 0 Å². The molecule has 0 spiro atoms. The molecule has 1 aliphatic rings. The first-order chi connectivity index (χ1) is 10.1. The minimum atomic E-state index is 0.235. The molecule has 2 N–H and O–H groups in total. The lowest BCUT2D eigenvalue weighted by molar-refractivity contribution is 0.249. The fraction of sp³-hybridized carbons (Fsp3) is 0.538. The van der Waals surface area contributed by atoms with E-state index in [0.29, 0.717) is 17.9 Å². The molecule has 3 heterocycles. The summed E-state index contributed by atoms with van der Waals surface area (Å²) in [5, 5.41) is 0. The number of anilines is 2. The Hall–Kier alpha value is -2.22. The predicted molar refractivity (Wildman–Crippen MR) is 80.3 cm³/mol. The summed E-state index contributed by atoms with van der Waals surface area (Å²) in [6.45, 7) is 1.85. The fourth-order valence-corrected chi connectivity index (χ4v) is 2.59. The third kappa shape index (κ3) is 2.94. The highest BCUT2D eigenvalue weighted by atomic mass is 15.3. The minimum Gasteiger partial charge on any atom is -0.368 e. The maximum Gasteiger partial charge on any atom is 0.241 e. The van der Waals surface area contributed by atoms with Gasteiger partial charge in [-0.05, 0) is 26.9 Å². The van der Waals surface area contributed by atoms with Crippen LogP contribution in [-0.4, -0.2) is 62.6 Å². The van der Waals surface area contributed by atoms with E-state index in [1.54, 1.807) is 23.3 Å². The highest BCUT2D eigenvalue weighted by Crippen LogP contribution is 2.19. The quantitative estimate of drug-likeness (QED) is 0.861. The summed E-state index contributed by atoms with van der Waals surface area (Å²) in [5.41, 5.74) is 5.82. The molecule has 0 aliphatic carbocycles. The van der Waals surface area contributed by atoms with Crippen LogP contribution in [0.25, 0.3) is 5.95 Å². The van der Waals surface area contributed by atoms with Crippen LogP contribution in [0.2, 0.25) is 0 Å². The molecule has 3 rings (SSSR count). The van der Waals surface area contributed by atoms with Gasteiger partial charge in [0.05, 0.1) is 0 Å². The first kappa shape index (κ1) is 13.7. The number of imidazole rings is 1. The number of hydrogen-bond acceptors (Lipinski definition) is 7. The lowest BCUT2D eigenvalue weighted by Gasteiger charge is -2.35. The molecular formula is C13H20N8. The minimum absolute atomic E-state index is 0.235. The van der Waals surface area contributed by atoms with E-state index in [1.165, 1.54) is 0 Å². The Kier molecular flexibility index (Phi) is 3.70. The van der Waals surface area contributed by atoms with E-state index in [0.717, 1.165) is 25.9 Å². The van der Waals surface area contributed by atoms with Crippen LogP contribution in [-0.2, 0) is 0 Å². The van der Waals surface area contributed by atoms with Gasteiger partial charge in [0.2, 0.25) is 17.8 Å². The number of nitrogens with zero attached hydrogens (tertiary/aromatic N) is 7. The van der Waals surface area contributed by atoms with E-state index >= 15 is 0 Å². The Morgan fingerprint density at radius 1 is 1.14 bits per heavy atom. The van der Waals surface area contributed by atoms with Gasteiger partial charge >= 0.3 is 0 Å². The Morgan fingerprint density at radius 2 is 1.86 bits per heavy atom. The molecule has 0 bridgehead atoms. The molecule has 2 aromatic heterocycles. The van der Waals surface area contributed by atoms with Gasteiger partial charge < -0.3 is 15.5 Å². The average Bonchev–Trinajstić information content (AvgIpc) is 3.01. The second kappa shape index (κ2) is 5.65. The molecule has 0 radical (unpaired) electrons. The number of hydrogen-bond donors (Lipinski definition) is 1. The number of rotatable bonds is 3. The molecule has 0 atom stereocenters.